The van der Waals surface area contributed by atoms with Gasteiger partial charge >= 0.3 is 0 Å². The van der Waals surface area contributed by atoms with Crippen LogP contribution < -0.4 is 0 Å². The van der Waals surface area contributed by atoms with Gasteiger partial charge in [-0.25, -0.2) is 12.7 Å². The molecule has 2 rings (SSSR count). The van der Waals surface area contributed by atoms with Crippen LogP contribution >= 0.6 is 23.1 Å². The van der Waals surface area contributed by atoms with Crippen molar-refractivity contribution in [3.63, 3.8) is 0 Å². The molecule has 0 aliphatic carbocycles. The molecule has 1 saturated heterocycles. The maximum absolute atomic E-state index is 12.1. The zero-order valence-electron chi connectivity index (χ0n) is 10.5. The van der Waals surface area contributed by atoms with Gasteiger partial charge in [-0.2, -0.15) is 11.8 Å². The van der Waals surface area contributed by atoms with Crippen molar-refractivity contribution < 1.29 is 8.42 Å². The molecule has 0 amide bonds. The van der Waals surface area contributed by atoms with Crippen molar-refractivity contribution in [1.82, 2.24) is 4.31 Å². The molecule has 0 N–H and O–H groups in total. The molecule has 0 bridgehead atoms. The summed E-state index contributed by atoms with van der Waals surface area (Å²) in [6.45, 7) is 3.24. The SMILES string of the molecule is CCCS(=O)(=O)N1CCSC(c2cccs2)CC1. The van der Waals surface area contributed by atoms with Crippen LogP contribution in [0.5, 0.6) is 0 Å². The van der Waals surface area contributed by atoms with Gasteiger partial charge in [-0.05, 0) is 24.3 Å². The maximum Gasteiger partial charge on any atom is 0.214 e. The second-order valence-electron chi connectivity index (χ2n) is 4.38. The molecule has 1 aromatic rings. The van der Waals surface area contributed by atoms with Gasteiger partial charge in [0.05, 0.1) is 5.75 Å². The number of hydrogen-bond donors (Lipinski definition) is 0. The first kappa shape index (κ1) is 14.4. The first-order chi connectivity index (χ1) is 8.63. The van der Waals surface area contributed by atoms with Gasteiger partial charge in [0.15, 0.2) is 0 Å². The zero-order valence-corrected chi connectivity index (χ0v) is 13.0. The Morgan fingerprint density at radius 2 is 2.28 bits per heavy atom. The van der Waals surface area contributed by atoms with Gasteiger partial charge in [0.25, 0.3) is 0 Å². The average Bonchev–Trinajstić information content (AvgIpc) is 2.73. The Labute approximate surface area is 118 Å². The highest BCUT2D eigenvalue weighted by molar-refractivity contribution is 7.99. The van der Waals surface area contributed by atoms with Crippen LogP contribution in [0.15, 0.2) is 17.5 Å². The third-order valence-corrected chi connectivity index (χ3v) is 7.54. The van der Waals surface area contributed by atoms with Crippen LogP contribution in [0.1, 0.15) is 29.9 Å². The third kappa shape index (κ3) is 3.50. The fraction of sp³-hybridized carbons (Fsp3) is 0.667. The van der Waals surface area contributed by atoms with Gasteiger partial charge in [0.1, 0.15) is 0 Å². The first-order valence-corrected chi connectivity index (χ1v) is 9.80. The molecule has 0 spiro atoms. The molecule has 0 saturated carbocycles. The molecule has 1 aliphatic heterocycles. The van der Waals surface area contributed by atoms with Crippen LogP contribution in [0, 0.1) is 0 Å². The maximum atomic E-state index is 12.1. The summed E-state index contributed by atoms with van der Waals surface area (Å²) in [5.74, 6) is 1.17. The van der Waals surface area contributed by atoms with Crippen molar-refractivity contribution in [3.8, 4) is 0 Å². The number of hydrogen-bond acceptors (Lipinski definition) is 4. The van der Waals surface area contributed by atoms with E-state index in [1.54, 1.807) is 15.6 Å². The Morgan fingerprint density at radius 3 is 2.94 bits per heavy atom. The summed E-state index contributed by atoms with van der Waals surface area (Å²) in [6.07, 6.45) is 1.62. The molecule has 2 heterocycles. The Morgan fingerprint density at radius 1 is 1.44 bits per heavy atom. The Kier molecular flexibility index (Phi) is 5.12. The molecule has 102 valence electrons. The monoisotopic (exact) mass is 305 g/mol. The highest BCUT2D eigenvalue weighted by Gasteiger charge is 2.26. The molecule has 1 fully saturated rings. The van der Waals surface area contributed by atoms with E-state index in [4.69, 9.17) is 0 Å². The van der Waals surface area contributed by atoms with E-state index in [9.17, 15) is 8.42 Å². The molecule has 6 heteroatoms. The number of sulfonamides is 1. The second-order valence-corrected chi connectivity index (χ2v) is 8.76. The Hall–Kier alpha value is -0.0400. The molecular weight excluding hydrogens is 286 g/mol. The van der Waals surface area contributed by atoms with Crippen LogP contribution in [-0.4, -0.2) is 37.3 Å². The molecule has 3 nitrogen and oxygen atoms in total. The molecule has 0 aromatic carbocycles. The van der Waals surface area contributed by atoms with Gasteiger partial charge in [-0.15, -0.1) is 11.3 Å². The van der Waals surface area contributed by atoms with Crippen molar-refractivity contribution in [2.75, 3.05) is 24.6 Å². The molecule has 18 heavy (non-hydrogen) atoms. The minimum atomic E-state index is -3.03. The summed E-state index contributed by atoms with van der Waals surface area (Å²) in [7, 11) is -3.03. The predicted molar refractivity (Wildman–Crippen MR) is 79.8 cm³/mol. The van der Waals surface area contributed by atoms with E-state index >= 15 is 0 Å². The second kappa shape index (κ2) is 6.41. The van der Waals surface area contributed by atoms with Gasteiger partial charge in [0.2, 0.25) is 10.0 Å². The third-order valence-electron chi connectivity index (χ3n) is 3.02. The van der Waals surface area contributed by atoms with E-state index in [1.165, 1.54) is 4.88 Å². The normalized spacial score (nSPS) is 22.8. The van der Waals surface area contributed by atoms with Crippen molar-refractivity contribution in [3.05, 3.63) is 22.4 Å². The van der Waals surface area contributed by atoms with Crippen LogP contribution in [0.2, 0.25) is 0 Å². The summed E-state index contributed by atoms with van der Waals surface area (Å²) in [4.78, 5) is 1.37. The topological polar surface area (TPSA) is 37.4 Å². The quantitative estimate of drug-likeness (QED) is 0.858. The van der Waals surface area contributed by atoms with Gasteiger partial charge in [-0.3, -0.25) is 0 Å². The van der Waals surface area contributed by atoms with Crippen LogP contribution in [0.25, 0.3) is 0 Å². The van der Waals surface area contributed by atoms with Crippen molar-refractivity contribution >= 4 is 33.1 Å². The summed E-state index contributed by atoms with van der Waals surface area (Å²) in [5.41, 5.74) is 0. The lowest BCUT2D eigenvalue weighted by Crippen LogP contribution is -2.34. The fourth-order valence-corrected chi connectivity index (χ4v) is 6.00. The first-order valence-electron chi connectivity index (χ1n) is 6.26. The zero-order chi connectivity index (χ0) is 13.0. The lowest BCUT2D eigenvalue weighted by Gasteiger charge is -2.19. The van der Waals surface area contributed by atoms with E-state index < -0.39 is 10.0 Å². The molecule has 1 aliphatic rings. The Balaban J connectivity index is 2.01. The van der Waals surface area contributed by atoms with E-state index in [2.05, 4.69) is 17.5 Å². The lowest BCUT2D eigenvalue weighted by molar-refractivity contribution is 0.428. The largest absolute Gasteiger partial charge is 0.214 e. The van der Waals surface area contributed by atoms with Crippen LogP contribution in [0.4, 0.5) is 0 Å². The van der Waals surface area contributed by atoms with Crippen LogP contribution in [-0.2, 0) is 10.0 Å². The van der Waals surface area contributed by atoms with Crippen LogP contribution in [0.3, 0.4) is 0 Å². The molecule has 1 atom stereocenters. The molecule has 1 unspecified atom stereocenters. The predicted octanol–water partition coefficient (Wildman–Crippen LogP) is 2.97. The molecule has 0 radical (unpaired) electrons. The fourth-order valence-electron chi connectivity index (χ4n) is 2.12. The van der Waals surface area contributed by atoms with E-state index in [-0.39, 0.29) is 5.75 Å². The number of rotatable bonds is 4. The molecule has 1 aromatic heterocycles. The highest BCUT2D eigenvalue weighted by atomic mass is 32.2. The van der Waals surface area contributed by atoms with Gasteiger partial charge in [-0.1, -0.05) is 13.0 Å². The average molecular weight is 305 g/mol. The summed E-state index contributed by atoms with van der Waals surface area (Å²) in [5, 5.41) is 2.55. The minimum absolute atomic E-state index is 0.279. The smallest absolute Gasteiger partial charge is 0.212 e. The van der Waals surface area contributed by atoms with Crippen molar-refractivity contribution in [1.29, 1.82) is 0 Å². The Bertz CT molecular complexity index is 456. The minimum Gasteiger partial charge on any atom is -0.212 e. The number of thiophene rings is 1. The van der Waals surface area contributed by atoms with E-state index in [0.717, 1.165) is 12.2 Å². The van der Waals surface area contributed by atoms with Gasteiger partial charge in [0, 0.05) is 29.0 Å². The highest BCUT2D eigenvalue weighted by Crippen LogP contribution is 2.37. The standard InChI is InChI=1S/C12H19NO2S3/c1-2-10-18(14,15)13-6-5-12(17-9-7-13)11-4-3-8-16-11/h3-4,8,12H,2,5-7,9-10H2,1H3. The van der Waals surface area contributed by atoms with E-state index in [0.29, 0.717) is 24.8 Å². The lowest BCUT2D eigenvalue weighted by atomic mass is 10.2. The summed E-state index contributed by atoms with van der Waals surface area (Å²) in [6, 6.07) is 4.22. The van der Waals surface area contributed by atoms with E-state index in [1.807, 2.05) is 18.7 Å². The number of nitrogens with zero attached hydrogens (tertiary/aromatic N) is 1. The number of thioether (sulfide) groups is 1. The summed E-state index contributed by atoms with van der Waals surface area (Å²) < 4.78 is 25.8. The summed E-state index contributed by atoms with van der Waals surface area (Å²) >= 11 is 3.65. The van der Waals surface area contributed by atoms with Gasteiger partial charge < -0.3 is 0 Å². The van der Waals surface area contributed by atoms with Crippen molar-refractivity contribution in [2.24, 2.45) is 0 Å². The molecular formula is C12H19NO2S3. The van der Waals surface area contributed by atoms with Crippen molar-refractivity contribution in [2.45, 2.75) is 25.0 Å².